The molecular weight excluding hydrogens is 376 g/mol. The van der Waals surface area contributed by atoms with Crippen LogP contribution in [0.25, 0.3) is 0 Å². The molecule has 0 radical (unpaired) electrons. The first-order valence-corrected chi connectivity index (χ1v) is 8.86. The van der Waals surface area contributed by atoms with Crippen molar-refractivity contribution in [1.29, 1.82) is 0 Å². The van der Waals surface area contributed by atoms with Gasteiger partial charge in [-0.2, -0.15) is 8.78 Å². The number of nitrogens with one attached hydrogen (secondary N) is 1. The van der Waals surface area contributed by atoms with Crippen molar-refractivity contribution in [3.8, 4) is 5.75 Å². The largest absolute Gasteiger partial charge is 0.435 e. The Morgan fingerprint density at radius 2 is 2.07 bits per heavy atom. The van der Waals surface area contributed by atoms with E-state index in [1.165, 1.54) is 36.0 Å². The highest BCUT2D eigenvalue weighted by Crippen LogP contribution is 2.25. The second kappa shape index (κ2) is 8.63. The number of aromatic nitrogens is 2. The van der Waals surface area contributed by atoms with Gasteiger partial charge in [0.1, 0.15) is 16.5 Å². The Morgan fingerprint density at radius 3 is 2.74 bits per heavy atom. The van der Waals surface area contributed by atoms with Gasteiger partial charge in [0.2, 0.25) is 0 Å². The maximum atomic E-state index is 12.6. The van der Waals surface area contributed by atoms with E-state index in [9.17, 15) is 13.6 Å². The summed E-state index contributed by atoms with van der Waals surface area (Å²) in [4.78, 5) is 16.8. The fraction of sp³-hybridized carbons (Fsp3) is 0.167. The standard InChI is InChI=1S/C18H15F2N3O3S/c1-11-9-13(23-26-11)10-27-17-15(3-2-8-21-17)16(24)22-12-4-6-14(7-5-12)25-18(19)20/h2-9,18H,10H2,1H3,(H,22,24). The maximum absolute atomic E-state index is 12.6. The average Bonchev–Trinajstić information content (AvgIpc) is 3.07. The average molecular weight is 391 g/mol. The normalized spacial score (nSPS) is 10.8. The smallest absolute Gasteiger partial charge is 0.387 e. The molecule has 9 heteroatoms. The molecule has 3 aromatic rings. The number of hydrogen-bond donors (Lipinski definition) is 1. The van der Waals surface area contributed by atoms with Crippen molar-refractivity contribution in [2.24, 2.45) is 0 Å². The predicted molar refractivity (Wildman–Crippen MR) is 96.1 cm³/mol. The Bertz CT molecular complexity index is 916. The fourth-order valence-electron chi connectivity index (χ4n) is 2.23. The summed E-state index contributed by atoms with van der Waals surface area (Å²) in [6, 6.07) is 10.8. The summed E-state index contributed by atoms with van der Waals surface area (Å²) >= 11 is 1.36. The molecule has 0 saturated carbocycles. The second-order valence-electron chi connectivity index (χ2n) is 5.43. The highest BCUT2D eigenvalue weighted by Gasteiger charge is 2.14. The van der Waals surface area contributed by atoms with Crippen LogP contribution in [0.3, 0.4) is 0 Å². The molecule has 0 aliphatic rings. The maximum Gasteiger partial charge on any atom is 0.387 e. The lowest BCUT2D eigenvalue weighted by Crippen LogP contribution is -2.13. The third-order valence-electron chi connectivity index (χ3n) is 3.39. The first-order valence-electron chi connectivity index (χ1n) is 7.87. The summed E-state index contributed by atoms with van der Waals surface area (Å²) in [6.45, 7) is -1.09. The lowest BCUT2D eigenvalue weighted by molar-refractivity contribution is -0.0498. The van der Waals surface area contributed by atoms with Gasteiger partial charge in [-0.25, -0.2) is 4.98 Å². The molecule has 2 aromatic heterocycles. The van der Waals surface area contributed by atoms with Gasteiger partial charge in [-0.05, 0) is 43.3 Å². The Hall–Kier alpha value is -2.94. The summed E-state index contributed by atoms with van der Waals surface area (Å²) in [5.74, 6) is 0.880. The van der Waals surface area contributed by atoms with Crippen molar-refractivity contribution >= 4 is 23.4 Å². The number of carbonyl (C=O) groups excluding carboxylic acids is 1. The number of alkyl halides is 2. The van der Waals surface area contributed by atoms with E-state index < -0.39 is 6.61 Å². The van der Waals surface area contributed by atoms with Gasteiger partial charge in [0.05, 0.1) is 11.3 Å². The number of ether oxygens (including phenoxy) is 1. The van der Waals surface area contributed by atoms with Gasteiger partial charge >= 0.3 is 6.61 Å². The number of rotatable bonds is 7. The summed E-state index contributed by atoms with van der Waals surface area (Å²) in [5.41, 5.74) is 1.60. The van der Waals surface area contributed by atoms with Gasteiger partial charge in [-0.3, -0.25) is 4.79 Å². The first kappa shape index (κ1) is 18.8. The minimum Gasteiger partial charge on any atom is -0.435 e. The van der Waals surface area contributed by atoms with E-state index in [0.29, 0.717) is 27.8 Å². The van der Waals surface area contributed by atoms with Gasteiger partial charge in [-0.1, -0.05) is 16.9 Å². The number of carbonyl (C=O) groups is 1. The third-order valence-corrected chi connectivity index (χ3v) is 4.43. The zero-order valence-corrected chi connectivity index (χ0v) is 15.0. The molecule has 1 aromatic carbocycles. The lowest BCUT2D eigenvalue weighted by Gasteiger charge is -2.09. The third kappa shape index (κ3) is 5.27. The van der Waals surface area contributed by atoms with E-state index >= 15 is 0 Å². The number of halogens is 2. The van der Waals surface area contributed by atoms with Crippen molar-refractivity contribution < 1.29 is 22.8 Å². The van der Waals surface area contributed by atoms with E-state index in [1.54, 1.807) is 25.3 Å². The molecule has 0 bridgehead atoms. The molecule has 6 nitrogen and oxygen atoms in total. The lowest BCUT2D eigenvalue weighted by atomic mass is 10.2. The van der Waals surface area contributed by atoms with Crippen LogP contribution in [0.1, 0.15) is 21.8 Å². The van der Waals surface area contributed by atoms with Crippen molar-refractivity contribution in [2.45, 2.75) is 24.3 Å². The molecule has 1 amide bonds. The molecule has 0 fully saturated rings. The van der Waals surface area contributed by atoms with Gasteiger partial charge in [-0.15, -0.1) is 0 Å². The quantitative estimate of drug-likeness (QED) is 0.597. The zero-order chi connectivity index (χ0) is 19.2. The van der Waals surface area contributed by atoms with Crippen molar-refractivity contribution in [3.05, 3.63) is 65.7 Å². The minimum atomic E-state index is -2.89. The van der Waals surface area contributed by atoms with Crippen LogP contribution in [-0.4, -0.2) is 22.7 Å². The Morgan fingerprint density at radius 1 is 1.30 bits per heavy atom. The minimum absolute atomic E-state index is 0.0172. The molecule has 0 aliphatic carbocycles. The molecule has 0 spiro atoms. The highest BCUT2D eigenvalue weighted by atomic mass is 32.2. The number of anilines is 1. The topological polar surface area (TPSA) is 77.2 Å². The number of hydrogen-bond acceptors (Lipinski definition) is 6. The summed E-state index contributed by atoms with van der Waals surface area (Å²) in [6.07, 6.45) is 1.60. The molecule has 140 valence electrons. The summed E-state index contributed by atoms with van der Waals surface area (Å²) in [7, 11) is 0. The van der Waals surface area contributed by atoms with Crippen LogP contribution in [0, 0.1) is 6.92 Å². The molecule has 2 heterocycles. The van der Waals surface area contributed by atoms with Crippen LogP contribution in [0.5, 0.6) is 5.75 Å². The second-order valence-corrected chi connectivity index (χ2v) is 6.39. The van der Waals surface area contributed by atoms with Crippen LogP contribution in [0.4, 0.5) is 14.5 Å². The summed E-state index contributed by atoms with van der Waals surface area (Å²) in [5, 5.41) is 7.17. The molecule has 3 rings (SSSR count). The van der Waals surface area contributed by atoms with Crippen LogP contribution >= 0.6 is 11.8 Å². The van der Waals surface area contributed by atoms with E-state index in [2.05, 4.69) is 20.2 Å². The molecular formula is C18H15F2N3O3S. The van der Waals surface area contributed by atoms with E-state index in [-0.39, 0.29) is 11.7 Å². The molecule has 0 saturated heterocycles. The Balaban J connectivity index is 1.67. The molecule has 1 N–H and O–H groups in total. The number of nitrogens with zero attached hydrogens (tertiary/aromatic N) is 2. The van der Waals surface area contributed by atoms with Gasteiger partial charge in [0.25, 0.3) is 5.91 Å². The van der Waals surface area contributed by atoms with Crippen molar-refractivity contribution in [1.82, 2.24) is 10.1 Å². The van der Waals surface area contributed by atoms with E-state index in [0.717, 1.165) is 5.69 Å². The van der Waals surface area contributed by atoms with Crippen molar-refractivity contribution in [3.63, 3.8) is 0 Å². The molecule has 0 aliphatic heterocycles. The highest BCUT2D eigenvalue weighted by molar-refractivity contribution is 7.98. The predicted octanol–water partition coefficient (Wildman–Crippen LogP) is 4.52. The number of aryl methyl sites for hydroxylation is 1. The fourth-order valence-corrected chi connectivity index (χ4v) is 3.10. The number of thioether (sulfide) groups is 1. The number of amides is 1. The van der Waals surface area contributed by atoms with Crippen LogP contribution < -0.4 is 10.1 Å². The molecule has 0 unspecified atom stereocenters. The number of pyridine rings is 1. The SMILES string of the molecule is Cc1cc(CSc2ncccc2C(=O)Nc2ccc(OC(F)F)cc2)no1. The molecule has 27 heavy (non-hydrogen) atoms. The van der Waals surface area contributed by atoms with E-state index in [1.807, 2.05) is 6.07 Å². The Kier molecular flexibility index (Phi) is 6.02. The van der Waals surface area contributed by atoms with Gasteiger partial charge in [0, 0.05) is 23.7 Å². The van der Waals surface area contributed by atoms with Crippen LogP contribution in [-0.2, 0) is 5.75 Å². The van der Waals surface area contributed by atoms with Gasteiger partial charge < -0.3 is 14.6 Å². The monoisotopic (exact) mass is 391 g/mol. The van der Waals surface area contributed by atoms with Crippen LogP contribution in [0.15, 0.2) is 58.2 Å². The first-order chi connectivity index (χ1) is 13.0. The molecule has 0 atom stereocenters. The summed E-state index contributed by atoms with van der Waals surface area (Å²) < 4.78 is 33.7. The van der Waals surface area contributed by atoms with E-state index in [4.69, 9.17) is 4.52 Å². The van der Waals surface area contributed by atoms with Crippen molar-refractivity contribution in [2.75, 3.05) is 5.32 Å². The van der Waals surface area contributed by atoms with Crippen LogP contribution in [0.2, 0.25) is 0 Å². The Labute approximate surface area is 157 Å². The number of benzene rings is 1. The zero-order valence-electron chi connectivity index (χ0n) is 14.2. The van der Waals surface area contributed by atoms with Gasteiger partial charge in [0.15, 0.2) is 0 Å².